The fourth-order valence-corrected chi connectivity index (χ4v) is 5.02. The van der Waals surface area contributed by atoms with Gasteiger partial charge in [-0.1, -0.05) is 6.42 Å². The molecule has 0 amide bonds. The summed E-state index contributed by atoms with van der Waals surface area (Å²) in [4.78, 5) is 0.249. The molecule has 2 aliphatic carbocycles. The highest BCUT2D eigenvalue weighted by Gasteiger charge is 2.48. The zero-order valence-electron chi connectivity index (χ0n) is 10.2. The van der Waals surface area contributed by atoms with Gasteiger partial charge in [0.15, 0.2) is 9.84 Å². The monoisotopic (exact) mass is 268 g/mol. The molecule has 2 nitrogen and oxygen atoms in total. The lowest BCUT2D eigenvalue weighted by Crippen LogP contribution is -2.44. The molecule has 98 valence electrons. The second-order valence-corrected chi connectivity index (χ2v) is 7.90. The van der Waals surface area contributed by atoms with Gasteiger partial charge >= 0.3 is 0 Å². The highest BCUT2D eigenvalue weighted by Crippen LogP contribution is 2.58. The minimum Gasteiger partial charge on any atom is -0.224 e. The van der Waals surface area contributed by atoms with Crippen LogP contribution in [-0.4, -0.2) is 14.2 Å². The van der Waals surface area contributed by atoms with Gasteiger partial charge < -0.3 is 0 Å². The molecule has 1 spiro atoms. The van der Waals surface area contributed by atoms with Gasteiger partial charge in [-0.15, -0.1) is 0 Å². The minimum absolute atomic E-state index is 0.223. The summed E-state index contributed by atoms with van der Waals surface area (Å²) in [5.74, 6) is 0.131. The molecule has 0 heterocycles. The Balaban J connectivity index is 1.66. The molecule has 0 radical (unpaired) electrons. The second kappa shape index (κ2) is 4.05. The van der Waals surface area contributed by atoms with Gasteiger partial charge in [-0.2, -0.15) is 0 Å². The molecular formula is C14H17FO2S. The van der Waals surface area contributed by atoms with Gasteiger partial charge in [0.1, 0.15) is 5.82 Å². The Kier molecular flexibility index (Phi) is 2.73. The number of hydrogen-bond donors (Lipinski definition) is 0. The van der Waals surface area contributed by atoms with E-state index in [4.69, 9.17) is 0 Å². The average Bonchev–Trinajstić information content (AvgIpc) is 2.21. The van der Waals surface area contributed by atoms with Crippen LogP contribution in [0.3, 0.4) is 0 Å². The standard InChI is InChI=1S/C14H17FO2S/c15-12-2-4-13(5-3-12)18(16,17)10-11-8-14(9-11)6-1-7-14/h2-5,11H,1,6-10H2. The summed E-state index contributed by atoms with van der Waals surface area (Å²) < 4.78 is 37.1. The van der Waals surface area contributed by atoms with Crippen molar-refractivity contribution in [3.63, 3.8) is 0 Å². The SMILES string of the molecule is O=S(=O)(CC1CC2(CCC2)C1)c1ccc(F)cc1. The Hall–Kier alpha value is -0.900. The molecule has 2 aliphatic rings. The van der Waals surface area contributed by atoms with Gasteiger partial charge in [-0.3, -0.25) is 0 Å². The zero-order valence-corrected chi connectivity index (χ0v) is 11.0. The lowest BCUT2D eigenvalue weighted by atomic mass is 9.52. The van der Waals surface area contributed by atoms with Crippen LogP contribution in [-0.2, 0) is 9.84 Å². The van der Waals surface area contributed by atoms with Gasteiger partial charge in [0.05, 0.1) is 10.6 Å². The van der Waals surface area contributed by atoms with E-state index in [-0.39, 0.29) is 10.6 Å². The van der Waals surface area contributed by atoms with Crippen LogP contribution >= 0.6 is 0 Å². The van der Waals surface area contributed by atoms with E-state index >= 15 is 0 Å². The van der Waals surface area contributed by atoms with E-state index < -0.39 is 15.7 Å². The van der Waals surface area contributed by atoms with Crippen LogP contribution in [0.15, 0.2) is 29.2 Å². The molecule has 1 aromatic rings. The Morgan fingerprint density at radius 1 is 1.17 bits per heavy atom. The summed E-state index contributed by atoms with van der Waals surface area (Å²) in [6, 6.07) is 5.15. The number of benzene rings is 1. The van der Waals surface area contributed by atoms with Crippen molar-refractivity contribution >= 4 is 9.84 Å². The van der Waals surface area contributed by atoms with Crippen molar-refractivity contribution in [2.24, 2.45) is 11.3 Å². The fraction of sp³-hybridized carbons (Fsp3) is 0.571. The van der Waals surface area contributed by atoms with Crippen LogP contribution in [0.2, 0.25) is 0 Å². The summed E-state index contributed by atoms with van der Waals surface area (Å²) in [7, 11) is -3.24. The molecule has 0 bridgehead atoms. The third-order valence-electron chi connectivity index (χ3n) is 4.49. The third-order valence-corrected chi connectivity index (χ3v) is 6.39. The highest BCUT2D eigenvalue weighted by atomic mass is 32.2. The van der Waals surface area contributed by atoms with E-state index in [9.17, 15) is 12.8 Å². The first-order valence-electron chi connectivity index (χ1n) is 6.48. The van der Waals surface area contributed by atoms with Crippen molar-refractivity contribution in [3.8, 4) is 0 Å². The summed E-state index contributed by atoms with van der Waals surface area (Å²) in [6.07, 6.45) is 5.98. The van der Waals surface area contributed by atoms with Crippen LogP contribution in [0.4, 0.5) is 4.39 Å². The summed E-state index contributed by atoms with van der Waals surface area (Å²) in [5, 5.41) is 0. The first-order valence-corrected chi connectivity index (χ1v) is 8.13. The maximum Gasteiger partial charge on any atom is 0.178 e. The molecule has 0 aliphatic heterocycles. The van der Waals surface area contributed by atoms with Crippen LogP contribution < -0.4 is 0 Å². The van der Waals surface area contributed by atoms with Crippen molar-refractivity contribution < 1.29 is 12.8 Å². The van der Waals surface area contributed by atoms with E-state index in [1.807, 2.05) is 0 Å². The number of halogens is 1. The van der Waals surface area contributed by atoms with Crippen LogP contribution in [0, 0.1) is 17.2 Å². The van der Waals surface area contributed by atoms with Gasteiger partial charge in [-0.25, -0.2) is 12.8 Å². The van der Waals surface area contributed by atoms with Crippen molar-refractivity contribution in [3.05, 3.63) is 30.1 Å². The molecule has 4 heteroatoms. The number of sulfone groups is 1. The van der Waals surface area contributed by atoms with Gasteiger partial charge in [-0.05, 0) is 61.3 Å². The predicted molar refractivity (Wildman–Crippen MR) is 67.5 cm³/mol. The minimum atomic E-state index is -3.24. The van der Waals surface area contributed by atoms with Gasteiger partial charge in [0, 0.05) is 0 Å². The lowest BCUT2D eigenvalue weighted by Gasteiger charge is -2.54. The molecule has 3 rings (SSSR count). The van der Waals surface area contributed by atoms with E-state index in [1.54, 1.807) is 0 Å². The molecule has 18 heavy (non-hydrogen) atoms. The van der Waals surface area contributed by atoms with E-state index in [2.05, 4.69) is 0 Å². The molecule has 0 aromatic heterocycles. The van der Waals surface area contributed by atoms with E-state index in [0.717, 1.165) is 12.8 Å². The van der Waals surface area contributed by atoms with Crippen molar-refractivity contribution in [2.45, 2.75) is 37.0 Å². The lowest BCUT2D eigenvalue weighted by molar-refractivity contribution is -0.0147. The molecule has 1 aromatic carbocycles. The van der Waals surface area contributed by atoms with Crippen molar-refractivity contribution in [1.82, 2.24) is 0 Å². The van der Waals surface area contributed by atoms with Crippen molar-refractivity contribution in [1.29, 1.82) is 0 Å². The fourth-order valence-electron chi connectivity index (χ4n) is 3.42. The molecule has 0 N–H and O–H groups in total. The smallest absolute Gasteiger partial charge is 0.178 e. The molecular weight excluding hydrogens is 251 g/mol. The topological polar surface area (TPSA) is 34.1 Å². The van der Waals surface area contributed by atoms with E-state index in [1.165, 1.54) is 43.5 Å². The average molecular weight is 268 g/mol. The van der Waals surface area contributed by atoms with E-state index in [0.29, 0.717) is 11.3 Å². The highest BCUT2D eigenvalue weighted by molar-refractivity contribution is 7.91. The predicted octanol–water partition coefficient (Wildman–Crippen LogP) is 3.18. The maximum atomic E-state index is 12.8. The van der Waals surface area contributed by atoms with Gasteiger partial charge in [0.2, 0.25) is 0 Å². The Morgan fingerprint density at radius 3 is 2.28 bits per heavy atom. The molecule has 2 fully saturated rings. The molecule has 2 saturated carbocycles. The summed E-state index contributed by atoms with van der Waals surface area (Å²) in [5.41, 5.74) is 0.503. The zero-order chi connectivity index (χ0) is 12.8. The molecule has 0 atom stereocenters. The molecule has 0 saturated heterocycles. The summed E-state index contributed by atoms with van der Waals surface area (Å²) in [6.45, 7) is 0. The molecule has 0 unspecified atom stereocenters. The van der Waals surface area contributed by atoms with Crippen LogP contribution in [0.1, 0.15) is 32.1 Å². The Labute approximate surface area is 107 Å². The first kappa shape index (κ1) is 12.2. The maximum absolute atomic E-state index is 12.8. The Bertz CT molecular complexity index is 536. The quantitative estimate of drug-likeness (QED) is 0.789. The second-order valence-electron chi connectivity index (χ2n) is 5.86. The number of rotatable bonds is 3. The largest absolute Gasteiger partial charge is 0.224 e. The summed E-state index contributed by atoms with van der Waals surface area (Å²) >= 11 is 0. The van der Waals surface area contributed by atoms with Gasteiger partial charge in [0.25, 0.3) is 0 Å². The number of hydrogen-bond acceptors (Lipinski definition) is 2. The Morgan fingerprint density at radius 2 is 1.78 bits per heavy atom. The van der Waals surface area contributed by atoms with Crippen molar-refractivity contribution in [2.75, 3.05) is 5.75 Å². The third kappa shape index (κ3) is 2.07. The first-order chi connectivity index (χ1) is 8.49. The van der Waals surface area contributed by atoms with Crippen LogP contribution in [0.25, 0.3) is 0 Å². The normalized spacial score (nSPS) is 22.5. The van der Waals surface area contributed by atoms with Crippen LogP contribution in [0.5, 0.6) is 0 Å².